The topological polar surface area (TPSA) is 50.1 Å². The number of β-amino-alcohol motifs (C(OH)–C–C–N with tert-alkyl or cyclic N) is 1. The van der Waals surface area contributed by atoms with Crippen molar-refractivity contribution >= 4 is 0 Å². The molecule has 0 saturated heterocycles. The van der Waals surface area contributed by atoms with Gasteiger partial charge < -0.3 is 15.0 Å². The molecule has 0 aromatic carbocycles. The van der Waals surface area contributed by atoms with Crippen LogP contribution in [-0.2, 0) is 0 Å². The number of nitrogens with one attached hydrogen (secondary N) is 1. The SMILES string of the molecule is CC(C)(C)NCC(O)c1cncn1C1CC1. The highest BCUT2D eigenvalue weighted by atomic mass is 16.3. The van der Waals surface area contributed by atoms with Gasteiger partial charge in [-0.05, 0) is 33.6 Å². The highest BCUT2D eigenvalue weighted by Gasteiger charge is 2.27. The average Bonchev–Trinajstić information content (AvgIpc) is 2.92. The van der Waals surface area contributed by atoms with Crippen molar-refractivity contribution in [2.75, 3.05) is 6.54 Å². The van der Waals surface area contributed by atoms with Gasteiger partial charge in [0.2, 0.25) is 0 Å². The van der Waals surface area contributed by atoms with Crippen molar-refractivity contribution in [2.24, 2.45) is 0 Å². The van der Waals surface area contributed by atoms with Crippen LogP contribution in [-0.4, -0.2) is 26.7 Å². The summed E-state index contributed by atoms with van der Waals surface area (Å²) in [6.07, 6.45) is 5.55. The number of aliphatic hydroxyl groups excluding tert-OH is 1. The molecule has 4 nitrogen and oxygen atoms in total. The van der Waals surface area contributed by atoms with Crippen LogP contribution in [0.1, 0.15) is 51.5 Å². The Bertz CT molecular complexity index is 349. The molecule has 1 fully saturated rings. The smallest absolute Gasteiger partial charge is 0.108 e. The summed E-state index contributed by atoms with van der Waals surface area (Å²) in [5.74, 6) is 0. The van der Waals surface area contributed by atoms with Gasteiger partial charge in [-0.25, -0.2) is 4.98 Å². The Morgan fingerprint density at radius 3 is 2.81 bits per heavy atom. The highest BCUT2D eigenvalue weighted by Crippen LogP contribution is 2.36. The molecule has 0 aliphatic heterocycles. The third-order valence-electron chi connectivity index (χ3n) is 2.80. The summed E-state index contributed by atoms with van der Waals surface area (Å²) in [4.78, 5) is 4.12. The molecule has 0 spiro atoms. The number of aromatic nitrogens is 2. The van der Waals surface area contributed by atoms with Crippen molar-refractivity contribution in [2.45, 2.75) is 51.3 Å². The van der Waals surface area contributed by atoms with Gasteiger partial charge in [-0.15, -0.1) is 0 Å². The predicted octanol–water partition coefficient (Wildman–Crippen LogP) is 1.64. The minimum atomic E-state index is -0.470. The second-order valence-electron chi connectivity index (χ2n) is 5.60. The van der Waals surface area contributed by atoms with E-state index in [9.17, 15) is 5.11 Å². The Kier molecular flexibility index (Phi) is 3.04. The average molecular weight is 223 g/mol. The van der Waals surface area contributed by atoms with Gasteiger partial charge in [0, 0.05) is 18.1 Å². The fourth-order valence-corrected chi connectivity index (χ4v) is 1.74. The lowest BCUT2D eigenvalue weighted by atomic mass is 10.1. The first-order chi connectivity index (χ1) is 7.47. The van der Waals surface area contributed by atoms with E-state index >= 15 is 0 Å². The van der Waals surface area contributed by atoms with Crippen molar-refractivity contribution in [3.63, 3.8) is 0 Å². The fourth-order valence-electron chi connectivity index (χ4n) is 1.74. The molecule has 16 heavy (non-hydrogen) atoms. The monoisotopic (exact) mass is 223 g/mol. The molecule has 0 radical (unpaired) electrons. The molecule has 90 valence electrons. The van der Waals surface area contributed by atoms with E-state index in [0.717, 1.165) is 5.69 Å². The molecule has 1 unspecified atom stereocenters. The maximum absolute atomic E-state index is 10.1. The summed E-state index contributed by atoms with van der Waals surface area (Å²) in [6, 6.07) is 0.571. The van der Waals surface area contributed by atoms with E-state index in [1.54, 1.807) is 6.20 Å². The first-order valence-corrected chi connectivity index (χ1v) is 5.92. The van der Waals surface area contributed by atoms with Crippen LogP contribution < -0.4 is 5.32 Å². The maximum atomic E-state index is 10.1. The van der Waals surface area contributed by atoms with Crippen LogP contribution in [0.3, 0.4) is 0 Å². The summed E-state index contributed by atoms with van der Waals surface area (Å²) in [5, 5.41) is 13.4. The van der Waals surface area contributed by atoms with Crippen LogP contribution in [0.25, 0.3) is 0 Å². The van der Waals surface area contributed by atoms with Gasteiger partial charge in [-0.2, -0.15) is 0 Å². The number of rotatable bonds is 4. The second-order valence-corrected chi connectivity index (χ2v) is 5.60. The molecule has 1 aromatic rings. The van der Waals surface area contributed by atoms with Crippen LogP contribution in [0.4, 0.5) is 0 Å². The summed E-state index contributed by atoms with van der Waals surface area (Å²) < 4.78 is 2.11. The summed E-state index contributed by atoms with van der Waals surface area (Å²) >= 11 is 0. The van der Waals surface area contributed by atoms with E-state index in [4.69, 9.17) is 0 Å². The molecule has 1 saturated carbocycles. The Morgan fingerprint density at radius 2 is 2.25 bits per heavy atom. The lowest BCUT2D eigenvalue weighted by molar-refractivity contribution is 0.154. The zero-order valence-electron chi connectivity index (χ0n) is 10.3. The quantitative estimate of drug-likeness (QED) is 0.816. The first kappa shape index (κ1) is 11.6. The van der Waals surface area contributed by atoms with Gasteiger partial charge in [0.1, 0.15) is 6.10 Å². The zero-order chi connectivity index (χ0) is 11.8. The molecule has 1 atom stereocenters. The first-order valence-electron chi connectivity index (χ1n) is 5.92. The highest BCUT2D eigenvalue weighted by molar-refractivity contribution is 5.07. The number of nitrogens with zero attached hydrogens (tertiary/aromatic N) is 2. The van der Waals surface area contributed by atoms with Gasteiger partial charge in [0.15, 0.2) is 0 Å². The Labute approximate surface area is 96.7 Å². The van der Waals surface area contributed by atoms with Gasteiger partial charge >= 0.3 is 0 Å². The summed E-state index contributed by atoms with van der Waals surface area (Å²) in [5.41, 5.74) is 0.963. The van der Waals surface area contributed by atoms with E-state index < -0.39 is 6.10 Å². The van der Waals surface area contributed by atoms with E-state index in [1.165, 1.54) is 12.8 Å². The van der Waals surface area contributed by atoms with E-state index in [0.29, 0.717) is 12.6 Å². The van der Waals surface area contributed by atoms with Crippen molar-refractivity contribution in [1.82, 2.24) is 14.9 Å². The van der Waals surface area contributed by atoms with Crippen molar-refractivity contribution in [3.8, 4) is 0 Å². The molecule has 1 aromatic heterocycles. The molecule has 4 heteroatoms. The van der Waals surface area contributed by atoms with Gasteiger partial charge in [-0.3, -0.25) is 0 Å². The van der Waals surface area contributed by atoms with Gasteiger partial charge in [0.25, 0.3) is 0 Å². The molecule has 2 N–H and O–H groups in total. The lowest BCUT2D eigenvalue weighted by Crippen LogP contribution is -2.38. The van der Waals surface area contributed by atoms with E-state index in [1.807, 2.05) is 6.33 Å². The van der Waals surface area contributed by atoms with Crippen LogP contribution in [0, 0.1) is 0 Å². The Balaban J connectivity index is 1.97. The van der Waals surface area contributed by atoms with Crippen LogP contribution in [0.15, 0.2) is 12.5 Å². The fraction of sp³-hybridized carbons (Fsp3) is 0.750. The van der Waals surface area contributed by atoms with Crippen molar-refractivity contribution in [1.29, 1.82) is 0 Å². The minimum Gasteiger partial charge on any atom is -0.385 e. The Hall–Kier alpha value is -0.870. The lowest BCUT2D eigenvalue weighted by Gasteiger charge is -2.23. The predicted molar refractivity (Wildman–Crippen MR) is 63.2 cm³/mol. The molecular formula is C12H21N3O. The van der Waals surface area contributed by atoms with Crippen LogP contribution in [0.5, 0.6) is 0 Å². The van der Waals surface area contributed by atoms with Crippen molar-refractivity contribution in [3.05, 3.63) is 18.2 Å². The molecule has 1 heterocycles. The molecule has 2 rings (SSSR count). The Morgan fingerprint density at radius 1 is 1.56 bits per heavy atom. The van der Waals surface area contributed by atoms with E-state index in [2.05, 4.69) is 35.6 Å². The van der Waals surface area contributed by atoms with Crippen LogP contribution in [0.2, 0.25) is 0 Å². The molecule has 0 bridgehead atoms. The van der Waals surface area contributed by atoms with Gasteiger partial charge in [0.05, 0.1) is 18.2 Å². The third kappa shape index (κ3) is 2.83. The minimum absolute atomic E-state index is 0.0331. The second kappa shape index (κ2) is 4.18. The number of hydrogen-bond acceptors (Lipinski definition) is 3. The normalized spacial score (nSPS) is 18.8. The molecule has 1 aliphatic rings. The van der Waals surface area contributed by atoms with Crippen molar-refractivity contribution < 1.29 is 5.11 Å². The van der Waals surface area contributed by atoms with Gasteiger partial charge in [-0.1, -0.05) is 0 Å². The van der Waals surface area contributed by atoms with Crippen LogP contribution >= 0.6 is 0 Å². The summed E-state index contributed by atoms with van der Waals surface area (Å²) in [6.45, 7) is 6.86. The standard InChI is InChI=1S/C12H21N3O/c1-12(2,3)14-7-11(16)10-6-13-8-15(10)9-4-5-9/h6,8-9,11,14,16H,4-5,7H2,1-3H3. The number of imidazole rings is 1. The molecular weight excluding hydrogens is 202 g/mol. The largest absolute Gasteiger partial charge is 0.385 e. The summed E-state index contributed by atoms with van der Waals surface area (Å²) in [7, 11) is 0. The zero-order valence-corrected chi connectivity index (χ0v) is 10.3. The molecule has 1 aliphatic carbocycles. The molecule has 0 amide bonds. The maximum Gasteiger partial charge on any atom is 0.108 e. The third-order valence-corrected chi connectivity index (χ3v) is 2.80. The van der Waals surface area contributed by atoms with E-state index in [-0.39, 0.29) is 5.54 Å². The number of hydrogen-bond donors (Lipinski definition) is 2. The number of aliphatic hydroxyl groups is 1.